The van der Waals surface area contributed by atoms with Gasteiger partial charge >= 0.3 is 0 Å². The molecule has 144 valence electrons. The predicted octanol–water partition coefficient (Wildman–Crippen LogP) is 5.19. The Morgan fingerprint density at radius 3 is 2.55 bits per heavy atom. The number of carbonyl (C=O) groups excluding carboxylic acids is 1. The molecule has 29 heavy (non-hydrogen) atoms. The molecule has 0 spiro atoms. The summed E-state index contributed by atoms with van der Waals surface area (Å²) in [6.07, 6.45) is 1.24. The Morgan fingerprint density at radius 1 is 1.21 bits per heavy atom. The van der Waals surface area contributed by atoms with Gasteiger partial charge in [-0.2, -0.15) is 5.26 Å². The van der Waals surface area contributed by atoms with Crippen LogP contribution >= 0.6 is 11.6 Å². The van der Waals surface area contributed by atoms with E-state index in [1.54, 1.807) is 12.1 Å². The van der Waals surface area contributed by atoms with Crippen LogP contribution in [0, 0.1) is 27.3 Å². The minimum Gasteiger partial charge on any atom is -0.457 e. The van der Waals surface area contributed by atoms with Gasteiger partial charge < -0.3 is 9.73 Å². The Morgan fingerprint density at radius 2 is 1.93 bits per heavy atom. The number of hydrogen-bond donors (Lipinski definition) is 1. The summed E-state index contributed by atoms with van der Waals surface area (Å²) in [5.74, 6) is -0.620. The minimum atomic E-state index is -0.689. The molecule has 0 aliphatic heterocycles. The van der Waals surface area contributed by atoms with Crippen molar-refractivity contribution in [1.82, 2.24) is 0 Å². The van der Waals surface area contributed by atoms with Gasteiger partial charge in [0.05, 0.1) is 9.95 Å². The average molecular weight is 412 g/mol. The number of nitro benzene ring substituents is 1. The van der Waals surface area contributed by atoms with E-state index in [1.807, 2.05) is 0 Å². The molecule has 1 heterocycles. The molecule has 0 unspecified atom stereocenters. The maximum atomic E-state index is 12.9. The second-order valence-electron chi connectivity index (χ2n) is 5.75. The summed E-state index contributed by atoms with van der Waals surface area (Å²) in [4.78, 5) is 22.5. The monoisotopic (exact) mass is 411 g/mol. The number of nitriles is 1. The zero-order valence-electron chi connectivity index (χ0n) is 14.6. The molecule has 0 atom stereocenters. The number of nitro groups is 1. The molecule has 2 aromatic carbocycles. The second-order valence-corrected chi connectivity index (χ2v) is 6.16. The Bertz CT molecular complexity index is 1160. The van der Waals surface area contributed by atoms with Gasteiger partial charge in [-0.3, -0.25) is 14.9 Å². The van der Waals surface area contributed by atoms with Crippen molar-refractivity contribution in [2.24, 2.45) is 0 Å². The highest BCUT2D eigenvalue weighted by atomic mass is 35.5. The molecule has 0 aliphatic carbocycles. The van der Waals surface area contributed by atoms with E-state index in [0.717, 1.165) is 0 Å². The van der Waals surface area contributed by atoms with Crippen molar-refractivity contribution in [3.05, 3.63) is 86.9 Å². The highest BCUT2D eigenvalue weighted by Gasteiger charge is 2.15. The Balaban J connectivity index is 1.82. The van der Waals surface area contributed by atoms with Gasteiger partial charge in [0.25, 0.3) is 11.6 Å². The van der Waals surface area contributed by atoms with Gasteiger partial charge in [-0.25, -0.2) is 4.39 Å². The van der Waals surface area contributed by atoms with Gasteiger partial charge in [-0.1, -0.05) is 11.6 Å². The first kappa shape index (κ1) is 19.8. The predicted molar refractivity (Wildman–Crippen MR) is 104 cm³/mol. The van der Waals surface area contributed by atoms with Gasteiger partial charge in [-0.15, -0.1) is 0 Å². The van der Waals surface area contributed by atoms with Crippen LogP contribution < -0.4 is 5.32 Å². The van der Waals surface area contributed by atoms with Gasteiger partial charge in [0.2, 0.25) is 0 Å². The number of benzene rings is 2. The van der Waals surface area contributed by atoms with E-state index in [2.05, 4.69) is 5.32 Å². The zero-order valence-corrected chi connectivity index (χ0v) is 15.3. The summed E-state index contributed by atoms with van der Waals surface area (Å²) in [5, 5.41) is 22.7. The summed E-state index contributed by atoms with van der Waals surface area (Å²) in [6.45, 7) is 0. The van der Waals surface area contributed by atoms with E-state index < -0.39 is 16.6 Å². The van der Waals surface area contributed by atoms with E-state index in [0.29, 0.717) is 17.0 Å². The minimum absolute atomic E-state index is 0.124. The lowest BCUT2D eigenvalue weighted by molar-refractivity contribution is -0.384. The summed E-state index contributed by atoms with van der Waals surface area (Å²) >= 11 is 6.08. The molecule has 3 aromatic rings. The van der Waals surface area contributed by atoms with Crippen molar-refractivity contribution in [2.75, 3.05) is 5.32 Å². The van der Waals surface area contributed by atoms with Crippen LogP contribution in [0.15, 0.2) is 64.6 Å². The third kappa shape index (κ3) is 4.66. The average Bonchev–Trinajstić information content (AvgIpc) is 3.16. The number of carbonyl (C=O) groups is 1. The molecule has 0 saturated heterocycles. The maximum Gasteiger partial charge on any atom is 0.270 e. The number of amides is 1. The lowest BCUT2D eigenvalue weighted by Gasteiger charge is -2.03. The third-order valence-electron chi connectivity index (χ3n) is 3.81. The number of halogens is 2. The maximum absolute atomic E-state index is 12.9. The smallest absolute Gasteiger partial charge is 0.270 e. The summed E-state index contributed by atoms with van der Waals surface area (Å²) < 4.78 is 18.5. The number of rotatable bonds is 5. The van der Waals surface area contributed by atoms with Crippen molar-refractivity contribution < 1.29 is 18.5 Å². The van der Waals surface area contributed by atoms with Crippen LogP contribution in [0.3, 0.4) is 0 Å². The first-order valence-corrected chi connectivity index (χ1v) is 8.48. The summed E-state index contributed by atoms with van der Waals surface area (Å²) in [6, 6.07) is 13.9. The lowest BCUT2D eigenvalue weighted by Crippen LogP contribution is -2.13. The fraction of sp³-hybridized carbons (Fsp3) is 0. The van der Waals surface area contributed by atoms with Gasteiger partial charge in [0.15, 0.2) is 0 Å². The van der Waals surface area contributed by atoms with E-state index in [-0.39, 0.29) is 22.0 Å². The number of hydrogen-bond acceptors (Lipinski definition) is 5. The Hall–Kier alpha value is -3.96. The summed E-state index contributed by atoms with van der Waals surface area (Å²) in [7, 11) is 0. The number of nitrogens with one attached hydrogen (secondary N) is 1. The van der Waals surface area contributed by atoms with Crippen LogP contribution in [0.1, 0.15) is 5.76 Å². The molecule has 0 bridgehead atoms. The molecule has 0 aliphatic rings. The van der Waals surface area contributed by atoms with Gasteiger partial charge in [0, 0.05) is 29.5 Å². The number of nitrogens with zero attached hydrogens (tertiary/aromatic N) is 2. The molecule has 1 aromatic heterocycles. The molecule has 0 radical (unpaired) electrons. The zero-order chi connectivity index (χ0) is 21.0. The second kappa shape index (κ2) is 8.37. The number of non-ortho nitro benzene ring substituents is 1. The van der Waals surface area contributed by atoms with Crippen molar-refractivity contribution in [3.63, 3.8) is 0 Å². The molecular weight excluding hydrogens is 401 g/mol. The topological polar surface area (TPSA) is 109 Å². The van der Waals surface area contributed by atoms with Crippen LogP contribution in [0.4, 0.5) is 15.8 Å². The van der Waals surface area contributed by atoms with Crippen LogP contribution in [0.2, 0.25) is 5.02 Å². The van der Waals surface area contributed by atoms with Crippen LogP contribution in [-0.2, 0) is 4.79 Å². The molecule has 0 fully saturated rings. The van der Waals surface area contributed by atoms with Gasteiger partial charge in [-0.05, 0) is 42.5 Å². The first-order chi connectivity index (χ1) is 13.9. The van der Waals surface area contributed by atoms with Crippen molar-refractivity contribution in [2.45, 2.75) is 0 Å². The van der Waals surface area contributed by atoms with E-state index in [9.17, 15) is 24.6 Å². The number of anilines is 1. The molecule has 0 saturated carbocycles. The largest absolute Gasteiger partial charge is 0.457 e. The van der Waals surface area contributed by atoms with E-state index in [4.69, 9.17) is 16.0 Å². The van der Waals surface area contributed by atoms with Crippen LogP contribution in [0.25, 0.3) is 17.4 Å². The quantitative estimate of drug-likeness (QED) is 0.269. The first-order valence-electron chi connectivity index (χ1n) is 8.10. The highest BCUT2D eigenvalue weighted by molar-refractivity contribution is 6.33. The van der Waals surface area contributed by atoms with Crippen molar-refractivity contribution >= 4 is 35.0 Å². The van der Waals surface area contributed by atoms with Crippen LogP contribution in [0.5, 0.6) is 0 Å². The summed E-state index contributed by atoms with van der Waals surface area (Å²) in [5.41, 5.74) is 0.362. The molecule has 3 rings (SSSR count). The fourth-order valence-electron chi connectivity index (χ4n) is 2.42. The number of furan rings is 1. The molecule has 7 nitrogen and oxygen atoms in total. The van der Waals surface area contributed by atoms with Crippen molar-refractivity contribution in [3.8, 4) is 17.4 Å². The molecule has 1 amide bonds. The SMILES string of the molecule is N#C/C(=C/c1ccc(-c2ccc([N+](=O)[O-])cc2Cl)o1)C(=O)Nc1ccc(F)cc1. The van der Waals surface area contributed by atoms with E-state index in [1.165, 1.54) is 54.6 Å². The molecule has 1 N–H and O–H groups in total. The molecular formula is C20H11ClFN3O4. The molecule has 9 heteroatoms. The lowest BCUT2D eigenvalue weighted by atomic mass is 10.1. The van der Waals surface area contributed by atoms with E-state index >= 15 is 0 Å². The van der Waals surface area contributed by atoms with Crippen molar-refractivity contribution in [1.29, 1.82) is 5.26 Å². The van der Waals surface area contributed by atoms with Gasteiger partial charge in [0.1, 0.15) is 29.0 Å². The normalized spacial score (nSPS) is 11.0. The van der Waals surface area contributed by atoms with Crippen LogP contribution in [-0.4, -0.2) is 10.8 Å². The third-order valence-corrected chi connectivity index (χ3v) is 4.12. The Labute approximate surface area is 168 Å². The standard InChI is InChI=1S/C20H11ClFN3O4/c21-18-10-15(25(27)28)5-7-17(18)19-8-6-16(29-19)9-12(11-23)20(26)24-14-3-1-13(22)2-4-14/h1-10H,(H,24,26)/b12-9-. The highest BCUT2D eigenvalue weighted by Crippen LogP contribution is 2.32. The Kier molecular flexibility index (Phi) is 5.71. The fourth-order valence-corrected chi connectivity index (χ4v) is 2.68.